The molecule has 1 aliphatic rings. The molecule has 1 aromatic carbocycles. The van der Waals surface area contributed by atoms with Crippen molar-refractivity contribution >= 4 is 22.1 Å². The third-order valence-electron chi connectivity index (χ3n) is 3.05. The molecule has 0 bridgehead atoms. The average molecular weight is 281 g/mol. The Bertz CT molecular complexity index is 580. The van der Waals surface area contributed by atoms with Gasteiger partial charge in [-0.25, -0.2) is 8.42 Å². The number of carboxylic acids is 1. The lowest BCUT2D eigenvalue weighted by Crippen LogP contribution is -2.39. The molecule has 1 N–H and O–H groups in total. The van der Waals surface area contributed by atoms with Gasteiger partial charge in [-0.2, -0.15) is 4.31 Å². The molecule has 1 unspecified atom stereocenters. The maximum absolute atomic E-state index is 12.1. The zero-order valence-electron chi connectivity index (χ0n) is 10.3. The molecule has 1 aromatic rings. The Balaban J connectivity index is 2.19. The summed E-state index contributed by atoms with van der Waals surface area (Å²) in [5, 5.41) is 10.1. The summed E-state index contributed by atoms with van der Waals surface area (Å²) in [6.45, 7) is 0.262. The van der Waals surface area contributed by atoms with Crippen molar-refractivity contribution < 1.29 is 18.3 Å². The minimum absolute atomic E-state index is 0.262. The van der Waals surface area contributed by atoms with Crippen LogP contribution in [0, 0.1) is 0 Å². The number of rotatable bonds is 4. The van der Waals surface area contributed by atoms with Crippen LogP contribution in [-0.4, -0.2) is 36.4 Å². The minimum Gasteiger partial charge on any atom is -0.480 e. The Morgan fingerprint density at radius 3 is 2.63 bits per heavy atom. The number of hydrogen-bond acceptors (Lipinski definition) is 3. The van der Waals surface area contributed by atoms with Gasteiger partial charge in [0.25, 0.3) is 0 Å². The maximum atomic E-state index is 12.1. The highest BCUT2D eigenvalue weighted by atomic mass is 32.2. The molecule has 19 heavy (non-hydrogen) atoms. The molecule has 0 aliphatic carbocycles. The summed E-state index contributed by atoms with van der Waals surface area (Å²) in [6.07, 6.45) is 2.43. The molecule has 5 nitrogen and oxygen atoms in total. The van der Waals surface area contributed by atoms with Crippen LogP contribution in [0.5, 0.6) is 0 Å². The van der Waals surface area contributed by atoms with E-state index in [4.69, 9.17) is 5.11 Å². The van der Waals surface area contributed by atoms with Crippen molar-refractivity contribution in [2.75, 3.05) is 6.54 Å². The van der Waals surface area contributed by atoms with Crippen LogP contribution in [0.15, 0.2) is 35.7 Å². The molecule has 0 amide bonds. The van der Waals surface area contributed by atoms with Crippen LogP contribution in [-0.2, 0) is 14.8 Å². The van der Waals surface area contributed by atoms with Crippen LogP contribution in [0.3, 0.4) is 0 Å². The van der Waals surface area contributed by atoms with E-state index in [1.807, 2.05) is 18.2 Å². The average Bonchev–Trinajstić information content (AvgIpc) is 2.88. The predicted octanol–water partition coefficient (Wildman–Crippen LogP) is 1.54. The SMILES string of the molecule is O=C(O)C1CCCN1S(=O)(=O)C=Cc1ccccc1. The van der Waals surface area contributed by atoms with Gasteiger partial charge in [-0.1, -0.05) is 30.3 Å². The molecule has 1 fully saturated rings. The number of hydrogen-bond donors (Lipinski definition) is 1. The summed E-state index contributed by atoms with van der Waals surface area (Å²) < 4.78 is 25.2. The van der Waals surface area contributed by atoms with Gasteiger partial charge in [0.2, 0.25) is 10.0 Å². The standard InChI is InChI=1S/C13H15NO4S/c15-13(16)12-7-4-9-14(12)19(17,18)10-8-11-5-2-1-3-6-11/h1-3,5-6,8,10,12H,4,7,9H2,(H,15,16). The molecular formula is C13H15NO4S. The fourth-order valence-electron chi connectivity index (χ4n) is 2.10. The minimum atomic E-state index is -3.68. The fourth-order valence-corrected chi connectivity index (χ4v) is 3.52. The molecule has 0 spiro atoms. The van der Waals surface area contributed by atoms with E-state index in [-0.39, 0.29) is 6.54 Å². The number of carboxylic acid groups (broad SMARTS) is 1. The van der Waals surface area contributed by atoms with Gasteiger partial charge in [0, 0.05) is 12.0 Å². The summed E-state index contributed by atoms with van der Waals surface area (Å²) in [5.41, 5.74) is 0.761. The van der Waals surface area contributed by atoms with Crippen LogP contribution < -0.4 is 0 Å². The second-order valence-electron chi connectivity index (χ2n) is 4.37. The van der Waals surface area contributed by atoms with Crippen molar-refractivity contribution in [2.24, 2.45) is 0 Å². The van der Waals surface area contributed by atoms with Crippen LogP contribution in [0.4, 0.5) is 0 Å². The highest BCUT2D eigenvalue weighted by Crippen LogP contribution is 2.22. The van der Waals surface area contributed by atoms with Crippen molar-refractivity contribution in [2.45, 2.75) is 18.9 Å². The Labute approximate surface area is 112 Å². The Kier molecular flexibility index (Phi) is 4.01. The van der Waals surface area contributed by atoms with E-state index in [2.05, 4.69) is 0 Å². The Morgan fingerprint density at radius 1 is 1.32 bits per heavy atom. The molecule has 1 heterocycles. The van der Waals surface area contributed by atoms with Crippen molar-refractivity contribution in [1.29, 1.82) is 0 Å². The zero-order chi connectivity index (χ0) is 13.9. The third-order valence-corrected chi connectivity index (χ3v) is 4.62. The van der Waals surface area contributed by atoms with E-state index < -0.39 is 22.0 Å². The van der Waals surface area contributed by atoms with Gasteiger partial charge in [-0.05, 0) is 24.5 Å². The number of sulfonamides is 1. The van der Waals surface area contributed by atoms with E-state index in [0.717, 1.165) is 15.3 Å². The normalized spacial score (nSPS) is 20.9. The van der Waals surface area contributed by atoms with E-state index >= 15 is 0 Å². The second-order valence-corrected chi connectivity index (χ2v) is 6.14. The van der Waals surface area contributed by atoms with E-state index in [9.17, 15) is 13.2 Å². The maximum Gasteiger partial charge on any atom is 0.322 e. The van der Waals surface area contributed by atoms with Gasteiger partial charge in [-0.15, -0.1) is 0 Å². The van der Waals surface area contributed by atoms with Gasteiger partial charge in [0.1, 0.15) is 6.04 Å². The van der Waals surface area contributed by atoms with Crippen molar-refractivity contribution in [3.8, 4) is 0 Å². The lowest BCUT2D eigenvalue weighted by Gasteiger charge is -2.18. The first-order chi connectivity index (χ1) is 9.00. The molecule has 102 valence electrons. The highest BCUT2D eigenvalue weighted by Gasteiger charge is 2.37. The quantitative estimate of drug-likeness (QED) is 0.908. The van der Waals surface area contributed by atoms with Gasteiger partial charge in [-0.3, -0.25) is 4.79 Å². The number of carbonyl (C=O) groups is 1. The Hall–Kier alpha value is -1.66. The topological polar surface area (TPSA) is 74.7 Å². The van der Waals surface area contributed by atoms with Crippen molar-refractivity contribution in [3.05, 3.63) is 41.3 Å². The molecule has 1 saturated heterocycles. The predicted molar refractivity (Wildman–Crippen MR) is 71.8 cm³/mol. The van der Waals surface area contributed by atoms with Crippen LogP contribution in [0.2, 0.25) is 0 Å². The molecule has 1 aliphatic heterocycles. The lowest BCUT2D eigenvalue weighted by atomic mass is 10.2. The number of aliphatic carboxylic acids is 1. The lowest BCUT2D eigenvalue weighted by molar-refractivity contribution is -0.140. The monoisotopic (exact) mass is 281 g/mol. The van der Waals surface area contributed by atoms with E-state index in [1.165, 1.54) is 6.08 Å². The summed E-state index contributed by atoms with van der Waals surface area (Å²) >= 11 is 0. The summed E-state index contributed by atoms with van der Waals surface area (Å²) in [6, 6.07) is 8.08. The molecule has 0 aromatic heterocycles. The van der Waals surface area contributed by atoms with Crippen LogP contribution in [0.1, 0.15) is 18.4 Å². The Morgan fingerprint density at radius 2 is 2.00 bits per heavy atom. The summed E-state index contributed by atoms with van der Waals surface area (Å²) in [7, 11) is -3.68. The summed E-state index contributed by atoms with van der Waals surface area (Å²) in [5.74, 6) is -1.09. The molecular weight excluding hydrogens is 266 g/mol. The van der Waals surface area contributed by atoms with Crippen molar-refractivity contribution in [1.82, 2.24) is 4.31 Å². The van der Waals surface area contributed by atoms with E-state index in [0.29, 0.717) is 12.8 Å². The smallest absolute Gasteiger partial charge is 0.322 e. The fraction of sp³-hybridized carbons (Fsp3) is 0.308. The third kappa shape index (κ3) is 3.21. The molecule has 2 rings (SSSR count). The molecule has 0 saturated carbocycles. The van der Waals surface area contributed by atoms with Crippen LogP contribution >= 0.6 is 0 Å². The highest BCUT2D eigenvalue weighted by molar-refractivity contribution is 7.92. The van der Waals surface area contributed by atoms with Gasteiger partial charge in [0.15, 0.2) is 0 Å². The van der Waals surface area contributed by atoms with Gasteiger partial charge in [0.05, 0.1) is 0 Å². The first-order valence-electron chi connectivity index (χ1n) is 5.98. The van der Waals surface area contributed by atoms with Crippen molar-refractivity contribution in [3.63, 3.8) is 0 Å². The largest absolute Gasteiger partial charge is 0.480 e. The van der Waals surface area contributed by atoms with Gasteiger partial charge < -0.3 is 5.11 Å². The van der Waals surface area contributed by atoms with Gasteiger partial charge >= 0.3 is 5.97 Å². The van der Waals surface area contributed by atoms with Crippen LogP contribution in [0.25, 0.3) is 6.08 Å². The molecule has 1 atom stereocenters. The number of benzene rings is 1. The second kappa shape index (κ2) is 5.54. The number of nitrogens with zero attached hydrogens (tertiary/aromatic N) is 1. The zero-order valence-corrected chi connectivity index (χ0v) is 11.1. The summed E-state index contributed by atoms with van der Waals surface area (Å²) in [4.78, 5) is 11.0. The first-order valence-corrected chi connectivity index (χ1v) is 7.49. The first kappa shape index (κ1) is 13.8. The van der Waals surface area contributed by atoms with E-state index in [1.54, 1.807) is 12.1 Å². The molecule has 0 radical (unpaired) electrons. The molecule has 6 heteroatoms.